The molecule has 0 spiro atoms. The summed E-state index contributed by atoms with van der Waals surface area (Å²) in [6.07, 6.45) is 2.44. The van der Waals surface area contributed by atoms with Crippen LogP contribution < -0.4 is 5.32 Å². The van der Waals surface area contributed by atoms with Crippen LogP contribution in [0.15, 0.2) is 15.9 Å². The van der Waals surface area contributed by atoms with E-state index in [1.165, 1.54) is 27.3 Å². The summed E-state index contributed by atoms with van der Waals surface area (Å²) in [5.74, 6) is 2.63. The molecule has 1 aliphatic rings. The lowest BCUT2D eigenvalue weighted by Gasteiger charge is -2.36. The fourth-order valence-corrected chi connectivity index (χ4v) is 7.39. The smallest absolute Gasteiger partial charge is 0.0323 e. The third-order valence-corrected chi connectivity index (χ3v) is 8.81. The molecule has 1 saturated heterocycles. The molecule has 0 aromatic carbocycles. The van der Waals surface area contributed by atoms with Gasteiger partial charge in [-0.25, -0.2) is 0 Å². The molecule has 0 amide bonds. The molecule has 19 heavy (non-hydrogen) atoms. The largest absolute Gasteiger partial charge is 0.313 e. The third kappa shape index (κ3) is 4.40. The zero-order valence-corrected chi connectivity index (χ0v) is 15.6. The van der Waals surface area contributed by atoms with E-state index < -0.39 is 0 Å². The van der Waals surface area contributed by atoms with E-state index in [0.717, 1.165) is 23.5 Å². The zero-order valence-electron chi connectivity index (χ0n) is 11.5. The monoisotopic (exact) mass is 379 g/mol. The number of rotatable bonds is 6. The van der Waals surface area contributed by atoms with Crippen LogP contribution in [0.2, 0.25) is 0 Å². The Labute approximate surface area is 137 Å². The molecule has 2 heterocycles. The zero-order chi connectivity index (χ0) is 13.7. The molecule has 1 aromatic heterocycles. The van der Waals surface area contributed by atoms with Gasteiger partial charge in [0.05, 0.1) is 0 Å². The molecule has 0 bridgehead atoms. The first-order valence-corrected chi connectivity index (χ1v) is 10.7. The summed E-state index contributed by atoms with van der Waals surface area (Å²) in [5, 5.41) is 7.47. The van der Waals surface area contributed by atoms with Crippen molar-refractivity contribution in [2.75, 3.05) is 18.1 Å². The number of hydrogen-bond donors (Lipinski definition) is 1. The summed E-state index contributed by atoms with van der Waals surface area (Å²) in [6.45, 7) is 5.62. The van der Waals surface area contributed by atoms with Gasteiger partial charge in [-0.1, -0.05) is 13.8 Å². The van der Waals surface area contributed by atoms with Crippen LogP contribution >= 0.6 is 50.8 Å². The minimum atomic E-state index is 0.600. The van der Waals surface area contributed by atoms with Gasteiger partial charge in [-0.15, -0.1) is 11.3 Å². The van der Waals surface area contributed by atoms with E-state index in [1.807, 2.05) is 11.3 Å². The van der Waals surface area contributed by atoms with Crippen molar-refractivity contribution in [3.63, 3.8) is 0 Å². The van der Waals surface area contributed by atoms with E-state index >= 15 is 0 Å². The minimum absolute atomic E-state index is 0.600. The molecule has 0 radical (unpaired) electrons. The summed E-state index contributed by atoms with van der Waals surface area (Å²) in [7, 11) is 0. The molecular weight excluding hydrogens is 358 g/mol. The average molecular weight is 380 g/mol. The van der Waals surface area contributed by atoms with Crippen LogP contribution in [0.5, 0.6) is 0 Å². The maximum atomic E-state index is 3.73. The van der Waals surface area contributed by atoms with Crippen LogP contribution in [0.1, 0.15) is 25.1 Å². The van der Waals surface area contributed by atoms with Crippen LogP contribution in [0.3, 0.4) is 0 Å². The standard InChI is InChI=1S/C14H22BrNS3/c1-3-12-14(19-8-7-18-12)11(16-4-2)9-13-10(15)5-6-17-13/h5-6,11-12,14,16H,3-4,7-9H2,1-2H3. The average Bonchev–Trinajstić information content (AvgIpc) is 2.84. The van der Waals surface area contributed by atoms with E-state index in [0.29, 0.717) is 6.04 Å². The first kappa shape index (κ1) is 16.2. The molecular formula is C14H22BrNS3. The maximum absolute atomic E-state index is 3.73. The maximum Gasteiger partial charge on any atom is 0.0323 e. The second kappa shape index (κ2) is 8.32. The molecule has 2 rings (SSSR count). The first-order valence-electron chi connectivity index (χ1n) is 6.94. The minimum Gasteiger partial charge on any atom is -0.313 e. The molecule has 5 heteroatoms. The topological polar surface area (TPSA) is 12.0 Å². The van der Waals surface area contributed by atoms with Gasteiger partial charge in [0.15, 0.2) is 0 Å². The molecule has 1 nitrogen and oxygen atoms in total. The van der Waals surface area contributed by atoms with Crippen molar-refractivity contribution < 1.29 is 0 Å². The van der Waals surface area contributed by atoms with Crippen LogP contribution in [0.25, 0.3) is 0 Å². The van der Waals surface area contributed by atoms with Gasteiger partial charge in [-0.3, -0.25) is 0 Å². The van der Waals surface area contributed by atoms with Gasteiger partial charge in [0, 0.05) is 37.4 Å². The van der Waals surface area contributed by atoms with Crippen LogP contribution in [-0.2, 0) is 6.42 Å². The molecule has 1 aromatic rings. The SMILES string of the molecule is CCNC(Cc1sccc1Br)C1SCCSC1CC. The number of hydrogen-bond acceptors (Lipinski definition) is 4. The Morgan fingerprint density at radius 3 is 2.79 bits per heavy atom. The molecule has 0 saturated carbocycles. The van der Waals surface area contributed by atoms with Gasteiger partial charge in [0.2, 0.25) is 0 Å². The van der Waals surface area contributed by atoms with Crippen LogP contribution in [0, 0.1) is 0 Å². The Morgan fingerprint density at radius 2 is 2.16 bits per heavy atom. The number of thioether (sulfide) groups is 2. The van der Waals surface area contributed by atoms with Crippen molar-refractivity contribution in [3.05, 3.63) is 20.8 Å². The predicted octanol–water partition coefficient (Wildman–Crippen LogP) is 4.66. The van der Waals surface area contributed by atoms with Crippen molar-refractivity contribution in [2.24, 2.45) is 0 Å². The van der Waals surface area contributed by atoms with Crippen LogP contribution in [0.4, 0.5) is 0 Å². The number of thiophene rings is 1. The lowest BCUT2D eigenvalue weighted by atomic mass is 10.0. The van der Waals surface area contributed by atoms with E-state index in [-0.39, 0.29) is 0 Å². The fourth-order valence-electron chi connectivity index (χ4n) is 2.55. The molecule has 0 aliphatic carbocycles. The van der Waals surface area contributed by atoms with Gasteiger partial charge in [0.25, 0.3) is 0 Å². The Hall–Kier alpha value is 0.840. The van der Waals surface area contributed by atoms with Gasteiger partial charge in [0.1, 0.15) is 0 Å². The molecule has 3 atom stereocenters. The Bertz CT molecular complexity index is 383. The van der Waals surface area contributed by atoms with E-state index in [2.05, 4.69) is 70.1 Å². The van der Waals surface area contributed by atoms with Gasteiger partial charge >= 0.3 is 0 Å². The summed E-state index contributed by atoms with van der Waals surface area (Å²) < 4.78 is 1.28. The Kier molecular flexibility index (Phi) is 7.10. The number of halogens is 1. The van der Waals surface area contributed by atoms with Crippen LogP contribution in [-0.4, -0.2) is 34.6 Å². The third-order valence-electron chi connectivity index (χ3n) is 3.45. The normalized spacial score (nSPS) is 25.4. The van der Waals surface area contributed by atoms with E-state index in [4.69, 9.17) is 0 Å². The highest BCUT2D eigenvalue weighted by molar-refractivity contribution is 9.10. The highest BCUT2D eigenvalue weighted by atomic mass is 79.9. The molecule has 1 fully saturated rings. The number of nitrogens with one attached hydrogen (secondary N) is 1. The Balaban J connectivity index is 2.07. The van der Waals surface area contributed by atoms with Gasteiger partial charge < -0.3 is 5.32 Å². The summed E-state index contributed by atoms with van der Waals surface area (Å²) in [5.41, 5.74) is 0. The van der Waals surface area contributed by atoms with Gasteiger partial charge in [-0.05, 0) is 46.8 Å². The lowest BCUT2D eigenvalue weighted by Crippen LogP contribution is -2.46. The summed E-state index contributed by atoms with van der Waals surface area (Å²) >= 11 is 9.90. The highest BCUT2D eigenvalue weighted by Gasteiger charge is 2.32. The van der Waals surface area contributed by atoms with Crippen molar-refractivity contribution in [2.45, 2.75) is 43.2 Å². The van der Waals surface area contributed by atoms with E-state index in [1.54, 1.807) is 0 Å². The summed E-state index contributed by atoms with van der Waals surface area (Å²) in [6, 6.07) is 2.77. The first-order chi connectivity index (χ1) is 9.26. The number of likely N-dealkylation sites (N-methyl/N-ethyl adjacent to an activating group) is 1. The second-order valence-corrected chi connectivity index (χ2v) is 9.20. The quantitative estimate of drug-likeness (QED) is 0.771. The molecule has 108 valence electrons. The fraction of sp³-hybridized carbons (Fsp3) is 0.714. The van der Waals surface area contributed by atoms with Crippen molar-refractivity contribution >= 4 is 50.8 Å². The second-order valence-electron chi connectivity index (χ2n) is 4.71. The summed E-state index contributed by atoms with van der Waals surface area (Å²) in [4.78, 5) is 1.48. The molecule has 1 aliphatic heterocycles. The molecule has 3 unspecified atom stereocenters. The van der Waals surface area contributed by atoms with Crippen molar-refractivity contribution in [1.29, 1.82) is 0 Å². The Morgan fingerprint density at radius 1 is 1.37 bits per heavy atom. The lowest BCUT2D eigenvalue weighted by molar-refractivity contribution is 0.492. The molecule has 1 N–H and O–H groups in total. The van der Waals surface area contributed by atoms with Crippen molar-refractivity contribution in [3.8, 4) is 0 Å². The van der Waals surface area contributed by atoms with Crippen molar-refractivity contribution in [1.82, 2.24) is 5.32 Å². The highest BCUT2D eigenvalue weighted by Crippen LogP contribution is 2.37. The predicted molar refractivity (Wildman–Crippen MR) is 96.0 cm³/mol. The van der Waals surface area contributed by atoms with Gasteiger partial charge in [-0.2, -0.15) is 23.5 Å². The van der Waals surface area contributed by atoms with E-state index in [9.17, 15) is 0 Å².